The van der Waals surface area contributed by atoms with Crippen molar-refractivity contribution in [2.45, 2.75) is 45.3 Å². The van der Waals surface area contributed by atoms with Crippen molar-refractivity contribution in [2.24, 2.45) is 0 Å². The molecule has 3 aromatic carbocycles. The van der Waals surface area contributed by atoms with Gasteiger partial charge in [-0.2, -0.15) is 0 Å². The van der Waals surface area contributed by atoms with Gasteiger partial charge in [0, 0.05) is 23.0 Å². The number of hydrogen-bond acceptors (Lipinski definition) is 5. The molecule has 1 N–H and O–H groups in total. The average molecular weight is 631 g/mol. The van der Waals surface area contributed by atoms with Crippen molar-refractivity contribution in [2.75, 3.05) is 24.2 Å². The van der Waals surface area contributed by atoms with Crippen molar-refractivity contribution >= 4 is 43.5 Å². The Morgan fingerprint density at radius 1 is 0.950 bits per heavy atom. The summed E-state index contributed by atoms with van der Waals surface area (Å²) in [5.41, 5.74) is 1.41. The van der Waals surface area contributed by atoms with Crippen LogP contribution in [0.25, 0.3) is 0 Å². The SMILES string of the molecule is COc1cccc(CN(C(=O)CN(c2ccc(Br)cc2)S(C)(=O)=O)[C@H](Cc2ccccc2)C(=O)NC(C)(C)C)c1. The van der Waals surface area contributed by atoms with E-state index in [2.05, 4.69) is 21.2 Å². The second kappa shape index (κ2) is 13.3. The summed E-state index contributed by atoms with van der Waals surface area (Å²) in [6.07, 6.45) is 1.30. The maximum absolute atomic E-state index is 14.1. The Kier molecular flexibility index (Phi) is 10.4. The Bertz CT molecular complexity index is 1410. The molecule has 0 aliphatic carbocycles. The van der Waals surface area contributed by atoms with E-state index in [1.165, 1.54) is 4.90 Å². The Morgan fingerprint density at radius 3 is 2.15 bits per heavy atom. The van der Waals surface area contributed by atoms with Crippen LogP contribution in [0.4, 0.5) is 5.69 Å². The molecule has 8 nitrogen and oxygen atoms in total. The summed E-state index contributed by atoms with van der Waals surface area (Å²) in [4.78, 5) is 29.3. The standard InChI is InChI=1S/C30H36BrN3O5S/c1-30(2,3)32-29(36)27(19-22-10-7-6-8-11-22)33(20-23-12-9-13-26(18-23)39-4)28(35)21-34(40(5,37)38)25-16-14-24(31)15-17-25/h6-18,27H,19-21H2,1-5H3,(H,32,36)/t27-/m1/s1. The van der Waals surface area contributed by atoms with Gasteiger partial charge in [-0.1, -0.05) is 58.4 Å². The fourth-order valence-corrected chi connectivity index (χ4v) is 5.31. The van der Waals surface area contributed by atoms with Gasteiger partial charge in [0.05, 0.1) is 19.1 Å². The molecule has 214 valence electrons. The van der Waals surface area contributed by atoms with E-state index >= 15 is 0 Å². The van der Waals surface area contributed by atoms with Gasteiger partial charge in [-0.25, -0.2) is 8.42 Å². The number of carbonyl (C=O) groups is 2. The summed E-state index contributed by atoms with van der Waals surface area (Å²) in [6.45, 7) is 5.22. The summed E-state index contributed by atoms with van der Waals surface area (Å²) in [6, 6.07) is 22.4. The van der Waals surface area contributed by atoms with Crippen molar-refractivity contribution in [3.63, 3.8) is 0 Å². The van der Waals surface area contributed by atoms with Crippen molar-refractivity contribution < 1.29 is 22.7 Å². The van der Waals surface area contributed by atoms with Gasteiger partial charge in [0.1, 0.15) is 18.3 Å². The lowest BCUT2D eigenvalue weighted by Gasteiger charge is -2.35. The van der Waals surface area contributed by atoms with Gasteiger partial charge >= 0.3 is 0 Å². The van der Waals surface area contributed by atoms with Gasteiger partial charge in [-0.3, -0.25) is 13.9 Å². The molecule has 10 heteroatoms. The molecule has 3 rings (SSSR count). The predicted molar refractivity (Wildman–Crippen MR) is 162 cm³/mol. The molecule has 0 unspecified atom stereocenters. The van der Waals surface area contributed by atoms with Crippen LogP contribution in [0.5, 0.6) is 5.75 Å². The Labute approximate surface area is 245 Å². The Balaban J connectivity index is 2.08. The minimum atomic E-state index is -3.83. The van der Waals surface area contributed by atoms with Crippen molar-refractivity contribution in [1.82, 2.24) is 10.2 Å². The van der Waals surface area contributed by atoms with E-state index in [-0.39, 0.29) is 18.9 Å². The molecular formula is C30H36BrN3O5S. The number of amides is 2. The number of halogens is 1. The third-order valence-electron chi connectivity index (χ3n) is 6.05. The molecule has 0 saturated carbocycles. The smallest absolute Gasteiger partial charge is 0.244 e. The van der Waals surface area contributed by atoms with Crippen LogP contribution in [0.15, 0.2) is 83.3 Å². The van der Waals surface area contributed by atoms with Crippen molar-refractivity contribution in [3.05, 3.63) is 94.5 Å². The third-order valence-corrected chi connectivity index (χ3v) is 7.72. The number of anilines is 1. The number of nitrogens with zero attached hydrogens (tertiary/aromatic N) is 2. The molecule has 0 bridgehead atoms. The number of benzene rings is 3. The van der Waals surface area contributed by atoms with Crippen molar-refractivity contribution in [1.29, 1.82) is 0 Å². The van der Waals surface area contributed by atoms with Gasteiger partial charge < -0.3 is 15.0 Å². The van der Waals surface area contributed by atoms with Crippen LogP contribution in [0, 0.1) is 0 Å². The molecular weight excluding hydrogens is 594 g/mol. The molecule has 3 aromatic rings. The number of nitrogens with one attached hydrogen (secondary N) is 1. The highest BCUT2D eigenvalue weighted by Crippen LogP contribution is 2.23. The molecule has 0 fully saturated rings. The lowest BCUT2D eigenvalue weighted by atomic mass is 10.0. The number of rotatable bonds is 11. The molecule has 2 amide bonds. The number of hydrogen-bond donors (Lipinski definition) is 1. The van der Waals surface area contributed by atoms with Gasteiger partial charge in [-0.15, -0.1) is 0 Å². The molecule has 40 heavy (non-hydrogen) atoms. The largest absolute Gasteiger partial charge is 0.497 e. The minimum absolute atomic E-state index is 0.0725. The maximum atomic E-state index is 14.1. The lowest BCUT2D eigenvalue weighted by Crippen LogP contribution is -2.56. The van der Waals surface area contributed by atoms with Crippen LogP contribution in [0.3, 0.4) is 0 Å². The van der Waals surface area contributed by atoms with E-state index in [0.717, 1.165) is 26.2 Å². The summed E-state index contributed by atoms with van der Waals surface area (Å²) in [5.74, 6) is -0.237. The summed E-state index contributed by atoms with van der Waals surface area (Å²) in [7, 11) is -2.27. The van der Waals surface area contributed by atoms with Gasteiger partial charge in [0.2, 0.25) is 21.8 Å². The topological polar surface area (TPSA) is 96.0 Å². The van der Waals surface area contributed by atoms with E-state index in [4.69, 9.17) is 4.74 Å². The Hall–Kier alpha value is -3.37. The number of methoxy groups -OCH3 is 1. The number of ether oxygens (including phenoxy) is 1. The summed E-state index contributed by atoms with van der Waals surface area (Å²) in [5, 5.41) is 3.01. The van der Waals surface area contributed by atoms with Crippen LogP contribution in [-0.2, 0) is 32.6 Å². The average Bonchev–Trinajstić information content (AvgIpc) is 2.89. The molecule has 0 aliphatic rings. The maximum Gasteiger partial charge on any atom is 0.244 e. The first-order valence-corrected chi connectivity index (χ1v) is 15.4. The van der Waals surface area contributed by atoms with Crippen LogP contribution >= 0.6 is 15.9 Å². The summed E-state index contributed by atoms with van der Waals surface area (Å²) >= 11 is 3.36. The fraction of sp³-hybridized carbons (Fsp3) is 0.333. The van der Waals surface area contributed by atoms with Crippen LogP contribution in [-0.4, -0.2) is 56.6 Å². The molecule has 0 aromatic heterocycles. The molecule has 0 aliphatic heterocycles. The highest BCUT2D eigenvalue weighted by Gasteiger charge is 2.34. The predicted octanol–water partition coefficient (Wildman–Crippen LogP) is 4.78. The molecule has 0 heterocycles. The lowest BCUT2D eigenvalue weighted by molar-refractivity contribution is -0.140. The van der Waals surface area contributed by atoms with Crippen LogP contribution < -0.4 is 14.4 Å². The van der Waals surface area contributed by atoms with E-state index in [1.807, 2.05) is 63.2 Å². The fourth-order valence-electron chi connectivity index (χ4n) is 4.20. The first kappa shape index (κ1) is 31.2. The monoisotopic (exact) mass is 629 g/mol. The van der Waals surface area contributed by atoms with Gasteiger partial charge in [-0.05, 0) is 68.3 Å². The zero-order chi connectivity index (χ0) is 29.5. The normalized spacial score (nSPS) is 12.3. The van der Waals surface area contributed by atoms with E-state index in [9.17, 15) is 18.0 Å². The van der Waals surface area contributed by atoms with E-state index in [0.29, 0.717) is 11.4 Å². The number of sulfonamides is 1. The minimum Gasteiger partial charge on any atom is -0.497 e. The number of carbonyl (C=O) groups excluding carboxylic acids is 2. The first-order valence-electron chi connectivity index (χ1n) is 12.8. The van der Waals surface area contributed by atoms with Crippen molar-refractivity contribution in [3.8, 4) is 5.75 Å². The van der Waals surface area contributed by atoms with Gasteiger partial charge in [0.15, 0.2) is 0 Å². The highest BCUT2D eigenvalue weighted by atomic mass is 79.9. The highest BCUT2D eigenvalue weighted by molar-refractivity contribution is 9.10. The zero-order valence-corrected chi connectivity index (χ0v) is 25.8. The quantitative estimate of drug-likeness (QED) is 0.329. The molecule has 0 radical (unpaired) electrons. The molecule has 0 saturated heterocycles. The summed E-state index contributed by atoms with van der Waals surface area (Å²) < 4.78 is 32.9. The first-order chi connectivity index (χ1) is 18.8. The second-order valence-corrected chi connectivity index (χ2v) is 13.4. The van der Waals surface area contributed by atoms with E-state index in [1.54, 1.807) is 43.5 Å². The second-order valence-electron chi connectivity index (χ2n) is 10.6. The molecule has 1 atom stereocenters. The Morgan fingerprint density at radius 2 is 1.57 bits per heavy atom. The van der Waals surface area contributed by atoms with Crippen LogP contribution in [0.1, 0.15) is 31.9 Å². The van der Waals surface area contributed by atoms with Gasteiger partial charge in [0.25, 0.3) is 0 Å². The van der Waals surface area contributed by atoms with Crippen LogP contribution in [0.2, 0.25) is 0 Å². The molecule has 0 spiro atoms. The third kappa shape index (κ3) is 9.09. The zero-order valence-electron chi connectivity index (χ0n) is 23.4. The van der Waals surface area contributed by atoms with E-state index < -0.39 is 34.1 Å².